The molecule has 1 aromatic rings. The summed E-state index contributed by atoms with van der Waals surface area (Å²) in [7, 11) is 0. The van der Waals surface area contributed by atoms with Crippen LogP contribution >= 0.6 is 0 Å². The Morgan fingerprint density at radius 3 is 2.50 bits per heavy atom. The second-order valence-electron chi connectivity index (χ2n) is 4.80. The van der Waals surface area contributed by atoms with Crippen LogP contribution in [0.4, 0.5) is 10.5 Å². The molecule has 0 atom stereocenters. The monoisotopic (exact) mass is 279 g/mol. The number of ether oxygens (including phenoxy) is 1. The number of amides is 1. The molecule has 1 aliphatic heterocycles. The van der Waals surface area contributed by atoms with Gasteiger partial charge in [-0.2, -0.15) is 0 Å². The Bertz CT molecular complexity index is 481. The Kier molecular flexibility index (Phi) is 4.52. The molecule has 0 radical (unpaired) electrons. The van der Waals surface area contributed by atoms with E-state index in [0.29, 0.717) is 13.1 Å². The zero-order valence-corrected chi connectivity index (χ0v) is 11.0. The van der Waals surface area contributed by atoms with E-state index in [2.05, 4.69) is 0 Å². The van der Waals surface area contributed by atoms with E-state index in [1.807, 2.05) is 0 Å². The number of rotatable bonds is 3. The highest BCUT2D eigenvalue weighted by atomic mass is 16.6. The number of benzene rings is 1. The first-order valence-corrected chi connectivity index (χ1v) is 6.47. The molecule has 1 heterocycles. The quantitative estimate of drug-likeness (QED) is 0.670. The van der Waals surface area contributed by atoms with Crippen LogP contribution in [0.15, 0.2) is 24.3 Å². The summed E-state index contributed by atoms with van der Waals surface area (Å²) in [6.45, 7) is 1.33. The van der Waals surface area contributed by atoms with Crippen LogP contribution in [0.25, 0.3) is 0 Å². The first kappa shape index (κ1) is 14.3. The fourth-order valence-corrected chi connectivity index (χ4v) is 2.03. The van der Waals surface area contributed by atoms with Crippen LogP contribution in [-0.4, -0.2) is 35.0 Å². The molecule has 1 aliphatic rings. The Balaban J connectivity index is 1.82. The van der Waals surface area contributed by atoms with Crippen molar-refractivity contribution < 1.29 is 14.5 Å². The maximum Gasteiger partial charge on any atom is 0.410 e. The molecule has 0 unspecified atom stereocenters. The van der Waals surface area contributed by atoms with Gasteiger partial charge in [-0.05, 0) is 30.5 Å². The molecule has 7 nitrogen and oxygen atoms in total. The second kappa shape index (κ2) is 6.33. The van der Waals surface area contributed by atoms with Crippen molar-refractivity contribution in [1.29, 1.82) is 0 Å². The Labute approximate surface area is 116 Å². The number of carbonyl (C=O) groups is 1. The number of piperidine rings is 1. The predicted molar refractivity (Wildman–Crippen MR) is 72.1 cm³/mol. The number of nitro groups is 1. The average Bonchev–Trinajstić information content (AvgIpc) is 2.46. The van der Waals surface area contributed by atoms with Gasteiger partial charge in [-0.1, -0.05) is 0 Å². The molecule has 0 spiro atoms. The van der Waals surface area contributed by atoms with Gasteiger partial charge in [0.15, 0.2) is 0 Å². The van der Waals surface area contributed by atoms with E-state index >= 15 is 0 Å². The van der Waals surface area contributed by atoms with Gasteiger partial charge in [0, 0.05) is 31.3 Å². The molecule has 0 saturated carbocycles. The SMILES string of the molecule is NC1CCN(C(=O)OCc2ccc([N+](=O)[O-])cc2)CC1. The zero-order valence-electron chi connectivity index (χ0n) is 11.0. The Morgan fingerprint density at radius 1 is 1.35 bits per heavy atom. The molecule has 2 N–H and O–H groups in total. The Hall–Kier alpha value is -2.15. The number of hydrogen-bond donors (Lipinski definition) is 1. The molecule has 0 aliphatic carbocycles. The summed E-state index contributed by atoms with van der Waals surface area (Å²) >= 11 is 0. The van der Waals surface area contributed by atoms with Gasteiger partial charge >= 0.3 is 6.09 Å². The topological polar surface area (TPSA) is 98.7 Å². The van der Waals surface area contributed by atoms with Gasteiger partial charge in [0.05, 0.1) is 4.92 Å². The highest BCUT2D eigenvalue weighted by Gasteiger charge is 2.21. The first-order chi connectivity index (χ1) is 9.56. The predicted octanol–water partition coefficient (Wildman–Crippen LogP) is 1.65. The summed E-state index contributed by atoms with van der Waals surface area (Å²) in [5, 5.41) is 10.5. The van der Waals surface area contributed by atoms with Gasteiger partial charge < -0.3 is 15.4 Å². The summed E-state index contributed by atoms with van der Waals surface area (Å²) in [4.78, 5) is 23.5. The van der Waals surface area contributed by atoms with Crippen molar-refractivity contribution >= 4 is 11.8 Å². The number of nitrogens with two attached hydrogens (primary N) is 1. The summed E-state index contributed by atoms with van der Waals surface area (Å²) in [6.07, 6.45) is 1.20. The molecule has 7 heteroatoms. The van der Waals surface area contributed by atoms with Crippen molar-refractivity contribution in [3.8, 4) is 0 Å². The van der Waals surface area contributed by atoms with Gasteiger partial charge in [-0.25, -0.2) is 4.79 Å². The van der Waals surface area contributed by atoms with Crippen LogP contribution in [0.2, 0.25) is 0 Å². The highest BCUT2D eigenvalue weighted by molar-refractivity contribution is 5.67. The lowest BCUT2D eigenvalue weighted by Gasteiger charge is -2.29. The normalized spacial score (nSPS) is 15.9. The van der Waals surface area contributed by atoms with Crippen molar-refractivity contribution in [1.82, 2.24) is 4.90 Å². The zero-order chi connectivity index (χ0) is 14.5. The minimum atomic E-state index is -0.466. The maximum atomic E-state index is 11.8. The number of nitrogens with zero attached hydrogens (tertiary/aromatic N) is 2. The third-order valence-corrected chi connectivity index (χ3v) is 3.31. The summed E-state index contributed by atoms with van der Waals surface area (Å²) in [5.41, 5.74) is 6.51. The van der Waals surface area contributed by atoms with Crippen LogP contribution < -0.4 is 5.73 Å². The lowest BCUT2D eigenvalue weighted by molar-refractivity contribution is -0.384. The van der Waals surface area contributed by atoms with Crippen LogP contribution in [0.1, 0.15) is 18.4 Å². The fourth-order valence-electron chi connectivity index (χ4n) is 2.03. The van der Waals surface area contributed by atoms with Crippen molar-refractivity contribution in [2.75, 3.05) is 13.1 Å². The van der Waals surface area contributed by atoms with E-state index in [1.165, 1.54) is 12.1 Å². The molecular formula is C13H17N3O4. The van der Waals surface area contributed by atoms with E-state index in [9.17, 15) is 14.9 Å². The minimum Gasteiger partial charge on any atom is -0.445 e. The first-order valence-electron chi connectivity index (χ1n) is 6.47. The van der Waals surface area contributed by atoms with Crippen LogP contribution in [0, 0.1) is 10.1 Å². The van der Waals surface area contributed by atoms with E-state index in [0.717, 1.165) is 18.4 Å². The van der Waals surface area contributed by atoms with E-state index in [4.69, 9.17) is 10.5 Å². The van der Waals surface area contributed by atoms with E-state index in [-0.39, 0.29) is 24.4 Å². The molecule has 20 heavy (non-hydrogen) atoms. The summed E-state index contributed by atoms with van der Waals surface area (Å²) in [6, 6.07) is 6.11. The lowest BCUT2D eigenvalue weighted by atomic mass is 10.1. The van der Waals surface area contributed by atoms with Crippen molar-refractivity contribution in [3.05, 3.63) is 39.9 Å². The molecule has 1 aromatic carbocycles. The Morgan fingerprint density at radius 2 is 1.95 bits per heavy atom. The molecular weight excluding hydrogens is 262 g/mol. The molecule has 0 bridgehead atoms. The summed E-state index contributed by atoms with van der Waals surface area (Å²) < 4.78 is 5.18. The fraction of sp³-hybridized carbons (Fsp3) is 0.462. The van der Waals surface area contributed by atoms with Gasteiger partial charge in [0.25, 0.3) is 5.69 Å². The molecule has 1 amide bonds. The van der Waals surface area contributed by atoms with Gasteiger partial charge in [-0.15, -0.1) is 0 Å². The average molecular weight is 279 g/mol. The largest absolute Gasteiger partial charge is 0.445 e. The molecule has 2 rings (SSSR count). The molecule has 0 aromatic heterocycles. The van der Waals surface area contributed by atoms with Crippen LogP contribution in [0.5, 0.6) is 0 Å². The van der Waals surface area contributed by atoms with E-state index in [1.54, 1.807) is 17.0 Å². The van der Waals surface area contributed by atoms with Gasteiger partial charge in [0.2, 0.25) is 0 Å². The van der Waals surface area contributed by atoms with Crippen molar-refractivity contribution in [2.45, 2.75) is 25.5 Å². The lowest BCUT2D eigenvalue weighted by Crippen LogP contribution is -2.43. The smallest absolute Gasteiger partial charge is 0.410 e. The number of likely N-dealkylation sites (tertiary alicyclic amines) is 1. The number of nitro benzene ring substituents is 1. The maximum absolute atomic E-state index is 11.8. The number of hydrogen-bond acceptors (Lipinski definition) is 5. The summed E-state index contributed by atoms with van der Waals surface area (Å²) in [5.74, 6) is 0. The van der Waals surface area contributed by atoms with Gasteiger partial charge in [-0.3, -0.25) is 10.1 Å². The standard InChI is InChI=1S/C13H17N3O4/c14-11-5-7-15(8-6-11)13(17)20-9-10-1-3-12(4-2-10)16(18)19/h1-4,11H,5-9,14H2. The second-order valence-corrected chi connectivity index (χ2v) is 4.80. The minimum absolute atomic E-state index is 0.0186. The van der Waals surface area contributed by atoms with Crippen molar-refractivity contribution in [3.63, 3.8) is 0 Å². The van der Waals surface area contributed by atoms with Gasteiger partial charge in [0.1, 0.15) is 6.61 Å². The molecule has 1 saturated heterocycles. The molecule has 1 fully saturated rings. The van der Waals surface area contributed by atoms with E-state index < -0.39 is 4.92 Å². The highest BCUT2D eigenvalue weighted by Crippen LogP contribution is 2.14. The molecule has 108 valence electrons. The third-order valence-electron chi connectivity index (χ3n) is 3.31. The van der Waals surface area contributed by atoms with Crippen LogP contribution in [-0.2, 0) is 11.3 Å². The third kappa shape index (κ3) is 3.67. The van der Waals surface area contributed by atoms with Crippen LogP contribution in [0.3, 0.4) is 0 Å². The number of non-ortho nitro benzene ring substituents is 1. The van der Waals surface area contributed by atoms with Crippen molar-refractivity contribution in [2.24, 2.45) is 5.73 Å². The number of carbonyl (C=O) groups excluding carboxylic acids is 1.